The Labute approximate surface area is 76.9 Å². The van der Waals surface area contributed by atoms with Crippen molar-refractivity contribution < 1.29 is 0 Å². The largest absolute Gasteiger partial charge is 0.384 e. The maximum Gasteiger partial charge on any atom is 0.0385 e. The molecule has 0 amide bonds. The maximum absolute atomic E-state index is 3.36. The van der Waals surface area contributed by atoms with E-state index in [0.29, 0.717) is 0 Å². The van der Waals surface area contributed by atoms with Crippen LogP contribution in [0.2, 0.25) is 0 Å². The summed E-state index contributed by atoms with van der Waals surface area (Å²) in [6, 6.07) is 6.56. The predicted molar refractivity (Wildman–Crippen MR) is 53.6 cm³/mol. The van der Waals surface area contributed by atoms with Gasteiger partial charge in [0.1, 0.15) is 0 Å². The molecular formula is C9H12N2S. The Bertz CT molecular complexity index is 286. The van der Waals surface area contributed by atoms with Crippen molar-refractivity contribution in [2.75, 3.05) is 18.9 Å². The molecule has 0 atom stereocenters. The smallest absolute Gasteiger partial charge is 0.0385 e. The molecule has 2 N–H and O–H groups in total. The standard InChI is InChI=1S/C9H12N2S/c1-10-12-8-3-2-7-4-5-11-9(7)6-8/h2-3,6,10-11H,4-5H2,1H3. The number of anilines is 1. The quantitative estimate of drug-likeness (QED) is 0.680. The molecule has 1 aromatic rings. The van der Waals surface area contributed by atoms with E-state index in [4.69, 9.17) is 0 Å². The van der Waals surface area contributed by atoms with E-state index in [1.165, 1.54) is 22.6 Å². The van der Waals surface area contributed by atoms with Gasteiger partial charge in [-0.25, -0.2) is 0 Å². The molecule has 0 radical (unpaired) electrons. The van der Waals surface area contributed by atoms with E-state index in [1.54, 1.807) is 11.9 Å². The molecule has 2 nitrogen and oxygen atoms in total. The molecule has 1 aliphatic rings. The van der Waals surface area contributed by atoms with Crippen molar-refractivity contribution in [1.82, 2.24) is 4.72 Å². The summed E-state index contributed by atoms with van der Waals surface area (Å²) < 4.78 is 3.06. The summed E-state index contributed by atoms with van der Waals surface area (Å²) in [6.07, 6.45) is 1.17. The zero-order valence-electron chi connectivity index (χ0n) is 7.05. The van der Waals surface area contributed by atoms with Gasteiger partial charge in [0.15, 0.2) is 0 Å². The van der Waals surface area contributed by atoms with Gasteiger partial charge >= 0.3 is 0 Å². The molecule has 0 saturated carbocycles. The van der Waals surface area contributed by atoms with Crippen LogP contribution in [-0.2, 0) is 6.42 Å². The molecule has 1 heterocycles. The Morgan fingerprint density at radius 1 is 1.50 bits per heavy atom. The van der Waals surface area contributed by atoms with Crippen molar-refractivity contribution >= 4 is 17.6 Å². The van der Waals surface area contributed by atoms with E-state index in [0.717, 1.165) is 6.54 Å². The van der Waals surface area contributed by atoms with E-state index < -0.39 is 0 Å². The molecule has 12 heavy (non-hydrogen) atoms. The van der Waals surface area contributed by atoms with Crippen LogP contribution in [0.1, 0.15) is 5.56 Å². The number of hydrogen-bond acceptors (Lipinski definition) is 3. The van der Waals surface area contributed by atoms with Crippen LogP contribution in [0.4, 0.5) is 5.69 Å². The number of rotatable bonds is 2. The van der Waals surface area contributed by atoms with Crippen LogP contribution in [-0.4, -0.2) is 13.6 Å². The Kier molecular flexibility index (Phi) is 2.23. The SMILES string of the molecule is CNSc1ccc2c(c1)NCC2. The molecule has 1 aliphatic heterocycles. The Hall–Kier alpha value is -0.670. The van der Waals surface area contributed by atoms with Crippen LogP contribution in [0, 0.1) is 0 Å². The average Bonchev–Trinajstić information content (AvgIpc) is 2.51. The monoisotopic (exact) mass is 180 g/mol. The van der Waals surface area contributed by atoms with E-state index in [-0.39, 0.29) is 0 Å². The zero-order chi connectivity index (χ0) is 8.39. The van der Waals surface area contributed by atoms with Crippen molar-refractivity contribution in [1.29, 1.82) is 0 Å². The van der Waals surface area contributed by atoms with Gasteiger partial charge in [0, 0.05) is 17.1 Å². The zero-order valence-corrected chi connectivity index (χ0v) is 7.87. The summed E-state index contributed by atoms with van der Waals surface area (Å²) in [7, 11) is 1.94. The summed E-state index contributed by atoms with van der Waals surface area (Å²) in [6.45, 7) is 1.09. The lowest BCUT2D eigenvalue weighted by molar-refractivity contribution is 1.11. The fourth-order valence-corrected chi connectivity index (χ4v) is 2.00. The third kappa shape index (κ3) is 1.42. The summed E-state index contributed by atoms with van der Waals surface area (Å²) in [4.78, 5) is 1.27. The van der Waals surface area contributed by atoms with Crippen molar-refractivity contribution in [2.45, 2.75) is 11.3 Å². The first kappa shape index (κ1) is 7.95. The summed E-state index contributed by atoms with van der Waals surface area (Å²) >= 11 is 1.65. The van der Waals surface area contributed by atoms with Crippen molar-refractivity contribution in [2.24, 2.45) is 0 Å². The molecule has 0 bridgehead atoms. The molecule has 1 aromatic carbocycles. The second-order valence-corrected chi connectivity index (χ2v) is 3.89. The topological polar surface area (TPSA) is 24.1 Å². The summed E-state index contributed by atoms with van der Waals surface area (Å²) in [5, 5.41) is 3.36. The fraction of sp³-hybridized carbons (Fsp3) is 0.333. The van der Waals surface area contributed by atoms with Crippen molar-refractivity contribution in [3.05, 3.63) is 23.8 Å². The Balaban J connectivity index is 2.26. The molecule has 0 aromatic heterocycles. The highest BCUT2D eigenvalue weighted by atomic mass is 32.2. The Morgan fingerprint density at radius 3 is 3.25 bits per heavy atom. The number of hydrogen-bond donors (Lipinski definition) is 2. The maximum atomic E-state index is 3.36. The van der Waals surface area contributed by atoms with Gasteiger partial charge in [0.05, 0.1) is 0 Å². The summed E-state index contributed by atoms with van der Waals surface area (Å²) in [5.74, 6) is 0. The summed E-state index contributed by atoms with van der Waals surface area (Å²) in [5.41, 5.74) is 2.74. The molecule has 0 fully saturated rings. The lowest BCUT2D eigenvalue weighted by atomic mass is 10.2. The van der Waals surface area contributed by atoms with Gasteiger partial charge in [-0.2, -0.15) is 0 Å². The number of benzene rings is 1. The molecule has 2 rings (SSSR count). The van der Waals surface area contributed by atoms with Crippen molar-refractivity contribution in [3.63, 3.8) is 0 Å². The average molecular weight is 180 g/mol. The minimum atomic E-state index is 1.09. The van der Waals surface area contributed by atoms with Gasteiger partial charge in [0.2, 0.25) is 0 Å². The third-order valence-electron chi connectivity index (χ3n) is 2.01. The van der Waals surface area contributed by atoms with Gasteiger partial charge < -0.3 is 5.32 Å². The molecule has 0 saturated heterocycles. The lowest BCUT2D eigenvalue weighted by Crippen LogP contribution is -1.92. The minimum Gasteiger partial charge on any atom is -0.384 e. The van der Waals surface area contributed by atoms with Gasteiger partial charge in [-0.05, 0) is 43.1 Å². The lowest BCUT2D eigenvalue weighted by Gasteiger charge is -2.02. The molecule has 0 aliphatic carbocycles. The van der Waals surface area contributed by atoms with Crippen LogP contribution in [0.3, 0.4) is 0 Å². The third-order valence-corrected chi connectivity index (χ3v) is 2.70. The van der Waals surface area contributed by atoms with Gasteiger partial charge in [-0.15, -0.1) is 0 Å². The molecule has 3 heteroatoms. The molecule has 0 spiro atoms. The van der Waals surface area contributed by atoms with Gasteiger partial charge in [0.25, 0.3) is 0 Å². The second kappa shape index (κ2) is 3.37. The number of nitrogens with one attached hydrogen (secondary N) is 2. The van der Waals surface area contributed by atoms with Gasteiger partial charge in [-0.3, -0.25) is 4.72 Å². The normalized spacial score (nSPS) is 14.1. The highest BCUT2D eigenvalue weighted by molar-refractivity contribution is 7.97. The van der Waals surface area contributed by atoms with Crippen LogP contribution in [0.15, 0.2) is 23.1 Å². The molecule has 0 unspecified atom stereocenters. The second-order valence-electron chi connectivity index (χ2n) is 2.80. The van der Waals surface area contributed by atoms with Crippen LogP contribution < -0.4 is 10.0 Å². The first-order valence-corrected chi connectivity index (χ1v) is 4.92. The van der Waals surface area contributed by atoms with E-state index in [2.05, 4.69) is 28.2 Å². The van der Waals surface area contributed by atoms with E-state index in [9.17, 15) is 0 Å². The fourth-order valence-electron chi connectivity index (χ4n) is 1.45. The van der Waals surface area contributed by atoms with E-state index in [1.807, 2.05) is 7.05 Å². The first-order chi connectivity index (χ1) is 5.90. The van der Waals surface area contributed by atoms with Gasteiger partial charge in [-0.1, -0.05) is 6.07 Å². The predicted octanol–water partition coefficient (Wildman–Crippen LogP) is 1.88. The molecular weight excluding hydrogens is 168 g/mol. The highest BCUT2D eigenvalue weighted by Gasteiger charge is 2.09. The van der Waals surface area contributed by atoms with Crippen LogP contribution >= 0.6 is 11.9 Å². The minimum absolute atomic E-state index is 1.09. The Morgan fingerprint density at radius 2 is 2.42 bits per heavy atom. The van der Waals surface area contributed by atoms with E-state index >= 15 is 0 Å². The molecule has 64 valence electrons. The van der Waals surface area contributed by atoms with Crippen LogP contribution in [0.5, 0.6) is 0 Å². The van der Waals surface area contributed by atoms with Crippen molar-refractivity contribution in [3.8, 4) is 0 Å². The first-order valence-electron chi connectivity index (χ1n) is 4.10. The van der Waals surface area contributed by atoms with Crippen LogP contribution in [0.25, 0.3) is 0 Å². The number of fused-ring (bicyclic) bond motifs is 1. The highest BCUT2D eigenvalue weighted by Crippen LogP contribution is 2.26.